The zero-order valence-electron chi connectivity index (χ0n) is 13.0. The number of non-ortho nitro benzene ring substituents is 4. The van der Waals surface area contributed by atoms with Crippen molar-refractivity contribution in [1.29, 1.82) is 0 Å². The molecule has 0 atom stereocenters. The topological polar surface area (TPSA) is 210 Å². The number of hydrogen-bond donors (Lipinski definition) is 1. The second-order valence-corrected chi connectivity index (χ2v) is 4.59. The van der Waals surface area contributed by atoms with Crippen LogP contribution in [0.2, 0.25) is 0 Å². The van der Waals surface area contributed by atoms with E-state index >= 15 is 0 Å². The number of nitro groups is 4. The SMILES string of the molecule is O=C(O)c1cc([N+](=O)[O-])cc([N+](=O)[O-])c1.O=[N+]([O-])c1cccc([N+](=O)[O-])c1. The van der Waals surface area contributed by atoms with Crippen LogP contribution in [0.5, 0.6) is 0 Å². The van der Waals surface area contributed by atoms with E-state index in [1.54, 1.807) is 0 Å². The zero-order valence-corrected chi connectivity index (χ0v) is 13.0. The molecule has 0 unspecified atom stereocenters. The minimum Gasteiger partial charge on any atom is -0.478 e. The summed E-state index contributed by atoms with van der Waals surface area (Å²) in [7, 11) is 0. The first-order chi connectivity index (χ1) is 12.5. The van der Waals surface area contributed by atoms with Crippen molar-refractivity contribution in [3.63, 3.8) is 0 Å². The number of rotatable bonds is 5. The number of carboxylic acids is 1. The predicted octanol–water partition coefficient (Wildman–Crippen LogP) is 2.70. The molecule has 1 N–H and O–H groups in total. The third-order valence-electron chi connectivity index (χ3n) is 2.82. The Morgan fingerprint density at radius 2 is 1.00 bits per heavy atom. The van der Waals surface area contributed by atoms with Gasteiger partial charge < -0.3 is 5.11 Å². The van der Waals surface area contributed by atoms with Crippen LogP contribution < -0.4 is 0 Å². The number of aromatic carboxylic acids is 1. The fourth-order valence-electron chi connectivity index (χ4n) is 1.65. The Morgan fingerprint density at radius 1 is 0.667 bits per heavy atom. The molecule has 2 aromatic carbocycles. The van der Waals surface area contributed by atoms with Crippen LogP contribution in [0.4, 0.5) is 22.7 Å². The molecule has 0 amide bonds. The van der Waals surface area contributed by atoms with Crippen LogP contribution in [0.3, 0.4) is 0 Å². The van der Waals surface area contributed by atoms with E-state index in [-0.39, 0.29) is 11.4 Å². The van der Waals surface area contributed by atoms with Gasteiger partial charge in [0.1, 0.15) is 0 Å². The van der Waals surface area contributed by atoms with Crippen molar-refractivity contribution in [1.82, 2.24) is 0 Å². The molecule has 0 aliphatic rings. The van der Waals surface area contributed by atoms with E-state index in [9.17, 15) is 45.3 Å². The minimum atomic E-state index is -1.46. The van der Waals surface area contributed by atoms with Crippen molar-refractivity contribution in [2.24, 2.45) is 0 Å². The molecular weight excluding hydrogens is 372 g/mol. The predicted molar refractivity (Wildman–Crippen MR) is 86.5 cm³/mol. The molecule has 0 radical (unpaired) electrons. The van der Waals surface area contributed by atoms with Crippen LogP contribution in [0.1, 0.15) is 10.4 Å². The molecule has 0 spiro atoms. The lowest BCUT2D eigenvalue weighted by Gasteiger charge is -1.96. The van der Waals surface area contributed by atoms with Gasteiger partial charge in [0.2, 0.25) is 0 Å². The number of nitro benzene ring substituents is 4. The van der Waals surface area contributed by atoms with Gasteiger partial charge in [-0.15, -0.1) is 0 Å². The van der Waals surface area contributed by atoms with Gasteiger partial charge in [-0.25, -0.2) is 4.79 Å². The third kappa shape index (κ3) is 5.82. The fourth-order valence-corrected chi connectivity index (χ4v) is 1.65. The van der Waals surface area contributed by atoms with Crippen LogP contribution in [0, 0.1) is 40.5 Å². The number of carboxylic acid groups (broad SMARTS) is 1. The summed E-state index contributed by atoms with van der Waals surface area (Å²) in [6.45, 7) is 0. The highest BCUT2D eigenvalue weighted by Gasteiger charge is 2.19. The molecule has 0 fully saturated rings. The summed E-state index contributed by atoms with van der Waals surface area (Å²) >= 11 is 0. The van der Waals surface area contributed by atoms with Gasteiger partial charge in [-0.05, 0) is 6.07 Å². The van der Waals surface area contributed by atoms with Gasteiger partial charge in [-0.2, -0.15) is 0 Å². The summed E-state index contributed by atoms with van der Waals surface area (Å²) in [5.41, 5.74) is -2.28. The summed E-state index contributed by atoms with van der Waals surface area (Å²) in [5.74, 6) is -1.46. The Hall–Kier alpha value is -4.49. The normalized spacial score (nSPS) is 9.48. The van der Waals surface area contributed by atoms with Gasteiger partial charge in [-0.3, -0.25) is 40.5 Å². The summed E-state index contributed by atoms with van der Waals surface area (Å²) < 4.78 is 0. The second-order valence-electron chi connectivity index (χ2n) is 4.59. The van der Waals surface area contributed by atoms with E-state index in [4.69, 9.17) is 5.11 Å². The summed E-state index contributed by atoms with van der Waals surface area (Å²) in [5, 5.41) is 49.6. The first-order valence-electron chi connectivity index (χ1n) is 6.59. The lowest BCUT2D eigenvalue weighted by atomic mass is 10.2. The Labute approximate surface area is 147 Å². The van der Waals surface area contributed by atoms with E-state index in [1.165, 1.54) is 18.2 Å². The van der Waals surface area contributed by atoms with Gasteiger partial charge in [-0.1, -0.05) is 0 Å². The van der Waals surface area contributed by atoms with Crippen LogP contribution in [0.25, 0.3) is 0 Å². The van der Waals surface area contributed by atoms with Crippen molar-refractivity contribution in [3.05, 3.63) is 88.5 Å². The molecule has 0 saturated carbocycles. The molecule has 140 valence electrons. The largest absolute Gasteiger partial charge is 0.478 e. The van der Waals surface area contributed by atoms with Gasteiger partial charge >= 0.3 is 5.97 Å². The van der Waals surface area contributed by atoms with Crippen molar-refractivity contribution in [2.75, 3.05) is 0 Å². The van der Waals surface area contributed by atoms with E-state index in [0.29, 0.717) is 6.07 Å². The molecule has 27 heavy (non-hydrogen) atoms. The molecule has 0 aliphatic heterocycles. The van der Waals surface area contributed by atoms with E-state index in [2.05, 4.69) is 0 Å². The van der Waals surface area contributed by atoms with Gasteiger partial charge in [0.15, 0.2) is 0 Å². The van der Waals surface area contributed by atoms with Crippen molar-refractivity contribution in [3.8, 4) is 0 Å². The Morgan fingerprint density at radius 3 is 1.30 bits per heavy atom. The number of hydrogen-bond acceptors (Lipinski definition) is 9. The lowest BCUT2D eigenvalue weighted by molar-refractivity contribution is -0.394. The molecule has 2 aromatic rings. The van der Waals surface area contributed by atoms with Crippen LogP contribution >= 0.6 is 0 Å². The summed E-state index contributed by atoms with van der Waals surface area (Å²) in [4.78, 5) is 48.4. The molecule has 0 aliphatic carbocycles. The van der Waals surface area contributed by atoms with Gasteiger partial charge in [0.05, 0.1) is 37.4 Å². The van der Waals surface area contributed by atoms with Crippen LogP contribution in [0.15, 0.2) is 42.5 Å². The summed E-state index contributed by atoms with van der Waals surface area (Å²) in [6.07, 6.45) is 0. The van der Waals surface area contributed by atoms with E-state index < -0.39 is 42.6 Å². The highest BCUT2D eigenvalue weighted by atomic mass is 16.6. The van der Waals surface area contributed by atoms with E-state index in [1.807, 2.05) is 0 Å². The standard InChI is InChI=1S/C7H4N2O6.C6H4N2O4/c10-7(11)4-1-5(8(12)13)3-6(2-4)9(14)15;9-7(10)5-2-1-3-6(4-5)8(11)12/h1-3H,(H,10,11);1-4H. The Kier molecular flexibility index (Phi) is 6.52. The average Bonchev–Trinajstić information content (AvgIpc) is 2.61. The average molecular weight is 380 g/mol. The highest BCUT2D eigenvalue weighted by molar-refractivity contribution is 5.89. The Balaban J connectivity index is 0.000000277. The van der Waals surface area contributed by atoms with Crippen LogP contribution in [-0.2, 0) is 0 Å². The number of benzene rings is 2. The third-order valence-corrected chi connectivity index (χ3v) is 2.82. The molecular formula is C13H8N4O10. The molecule has 14 nitrogen and oxygen atoms in total. The first kappa shape index (κ1) is 20.6. The lowest BCUT2D eigenvalue weighted by Crippen LogP contribution is -2.00. The zero-order chi connectivity index (χ0) is 20.7. The molecule has 2 rings (SSSR count). The molecule has 0 heterocycles. The quantitative estimate of drug-likeness (QED) is 0.591. The number of nitrogens with zero attached hydrogens (tertiary/aromatic N) is 4. The molecule has 0 bridgehead atoms. The maximum Gasteiger partial charge on any atom is 0.336 e. The maximum atomic E-state index is 10.5. The Bertz CT molecular complexity index is 834. The fraction of sp³-hybridized carbons (Fsp3) is 0. The monoisotopic (exact) mass is 380 g/mol. The smallest absolute Gasteiger partial charge is 0.336 e. The number of carbonyl (C=O) groups is 1. The van der Waals surface area contributed by atoms with Gasteiger partial charge in [0.25, 0.3) is 22.7 Å². The highest BCUT2D eigenvalue weighted by Crippen LogP contribution is 2.22. The van der Waals surface area contributed by atoms with Crippen molar-refractivity contribution in [2.45, 2.75) is 0 Å². The second kappa shape index (κ2) is 8.56. The van der Waals surface area contributed by atoms with Crippen LogP contribution in [-0.4, -0.2) is 30.8 Å². The molecule has 0 saturated heterocycles. The maximum absolute atomic E-state index is 10.5. The van der Waals surface area contributed by atoms with Crippen molar-refractivity contribution < 1.29 is 29.6 Å². The first-order valence-corrected chi connectivity index (χ1v) is 6.59. The summed E-state index contributed by atoms with van der Waals surface area (Å²) in [6, 6.07) is 6.81. The van der Waals surface area contributed by atoms with E-state index in [0.717, 1.165) is 18.2 Å². The molecule has 0 aromatic heterocycles. The minimum absolute atomic E-state index is 0.274. The molecule has 14 heteroatoms. The van der Waals surface area contributed by atoms with Gasteiger partial charge in [0, 0.05) is 24.3 Å². The van der Waals surface area contributed by atoms with Crippen molar-refractivity contribution >= 4 is 28.7 Å².